The number of aromatic hydroxyl groups is 1. The number of phenols is 1. The van der Waals surface area contributed by atoms with Crippen LogP contribution < -0.4 is 5.32 Å². The van der Waals surface area contributed by atoms with Crippen molar-refractivity contribution < 1.29 is 9.90 Å². The highest BCUT2D eigenvalue weighted by atomic mass is 16.3. The molecule has 1 saturated heterocycles. The van der Waals surface area contributed by atoms with Gasteiger partial charge in [0.25, 0.3) is 0 Å². The van der Waals surface area contributed by atoms with E-state index >= 15 is 0 Å². The first-order valence-corrected chi connectivity index (χ1v) is 6.89. The van der Waals surface area contributed by atoms with Gasteiger partial charge in [0, 0.05) is 37.2 Å². The van der Waals surface area contributed by atoms with Gasteiger partial charge < -0.3 is 15.3 Å². The number of benzene rings is 1. The van der Waals surface area contributed by atoms with E-state index < -0.39 is 0 Å². The van der Waals surface area contributed by atoms with Crippen LogP contribution in [-0.2, 0) is 4.79 Å². The zero-order chi connectivity index (χ0) is 13.8. The number of nitrogens with zero attached hydrogens (tertiary/aromatic N) is 1. The number of carbonyl (C=O) groups excluding carboxylic acids is 1. The Balaban J connectivity index is 1.90. The Morgan fingerprint density at radius 3 is 2.74 bits per heavy atom. The molecule has 1 aromatic carbocycles. The molecule has 4 nitrogen and oxygen atoms in total. The van der Waals surface area contributed by atoms with E-state index in [1.807, 2.05) is 30.0 Å². The molecule has 2 unspecified atom stereocenters. The quantitative estimate of drug-likeness (QED) is 0.854. The van der Waals surface area contributed by atoms with Gasteiger partial charge >= 0.3 is 0 Å². The second kappa shape index (κ2) is 6.06. The van der Waals surface area contributed by atoms with Gasteiger partial charge in [-0.25, -0.2) is 0 Å². The van der Waals surface area contributed by atoms with Crippen LogP contribution in [0.3, 0.4) is 0 Å². The van der Waals surface area contributed by atoms with Crippen LogP contribution in [0.2, 0.25) is 0 Å². The molecule has 0 bridgehead atoms. The lowest BCUT2D eigenvalue weighted by atomic mass is 10.1. The molecule has 0 spiro atoms. The standard InChI is InChI=1S/C15H22N2O2/c1-11(10-17-9-5-8-15(17)19)16-12(2)13-6-3-4-7-14(13)18/h3-4,6-7,11-12,16,18H,5,8-10H2,1-2H3. The zero-order valence-corrected chi connectivity index (χ0v) is 11.6. The van der Waals surface area contributed by atoms with Crippen molar-refractivity contribution in [2.75, 3.05) is 13.1 Å². The monoisotopic (exact) mass is 262 g/mol. The summed E-state index contributed by atoms with van der Waals surface area (Å²) in [5.74, 6) is 0.566. The van der Waals surface area contributed by atoms with E-state index in [0.29, 0.717) is 12.2 Å². The normalized spacial score (nSPS) is 18.6. The molecule has 104 valence electrons. The molecule has 0 aliphatic carbocycles. The Morgan fingerprint density at radius 2 is 2.11 bits per heavy atom. The minimum absolute atomic E-state index is 0.0638. The SMILES string of the molecule is CC(CN1CCCC1=O)NC(C)c1ccccc1O. The fourth-order valence-corrected chi connectivity index (χ4v) is 2.65. The Kier molecular flexibility index (Phi) is 4.43. The maximum atomic E-state index is 11.6. The summed E-state index contributed by atoms with van der Waals surface area (Å²) in [6, 6.07) is 7.62. The number of nitrogens with one attached hydrogen (secondary N) is 1. The molecule has 0 radical (unpaired) electrons. The van der Waals surface area contributed by atoms with Crippen molar-refractivity contribution in [2.24, 2.45) is 0 Å². The lowest BCUT2D eigenvalue weighted by Crippen LogP contribution is -2.40. The van der Waals surface area contributed by atoms with Gasteiger partial charge in [0.05, 0.1) is 0 Å². The summed E-state index contributed by atoms with van der Waals surface area (Å²) in [5, 5.41) is 13.2. The highest BCUT2D eigenvalue weighted by molar-refractivity contribution is 5.78. The van der Waals surface area contributed by atoms with Gasteiger partial charge in [0.15, 0.2) is 0 Å². The molecule has 0 saturated carbocycles. The largest absolute Gasteiger partial charge is 0.508 e. The van der Waals surface area contributed by atoms with E-state index in [9.17, 15) is 9.90 Å². The topological polar surface area (TPSA) is 52.6 Å². The van der Waals surface area contributed by atoms with Gasteiger partial charge in [-0.1, -0.05) is 18.2 Å². The molecule has 1 fully saturated rings. The maximum Gasteiger partial charge on any atom is 0.222 e. The highest BCUT2D eigenvalue weighted by Gasteiger charge is 2.22. The van der Waals surface area contributed by atoms with E-state index in [-0.39, 0.29) is 18.0 Å². The number of carbonyl (C=O) groups is 1. The first-order valence-electron chi connectivity index (χ1n) is 6.89. The molecule has 1 amide bonds. The molecular weight excluding hydrogens is 240 g/mol. The molecule has 4 heteroatoms. The summed E-state index contributed by atoms with van der Waals surface area (Å²) in [7, 11) is 0. The van der Waals surface area contributed by atoms with E-state index in [4.69, 9.17) is 0 Å². The molecule has 1 aliphatic heterocycles. The molecule has 2 rings (SSSR count). The predicted octanol–water partition coefficient (Wildman–Crippen LogP) is 2.05. The van der Waals surface area contributed by atoms with Crippen LogP contribution in [0.5, 0.6) is 5.75 Å². The Hall–Kier alpha value is -1.55. The number of hydrogen-bond donors (Lipinski definition) is 2. The molecule has 19 heavy (non-hydrogen) atoms. The number of amides is 1. The third-order valence-corrected chi connectivity index (χ3v) is 3.60. The molecule has 1 aromatic rings. The van der Waals surface area contributed by atoms with E-state index in [0.717, 1.165) is 25.1 Å². The fraction of sp³-hybridized carbons (Fsp3) is 0.533. The van der Waals surface area contributed by atoms with Crippen molar-refractivity contribution in [3.05, 3.63) is 29.8 Å². The number of phenolic OH excluding ortho intramolecular Hbond substituents is 1. The summed E-state index contributed by atoms with van der Waals surface area (Å²) in [4.78, 5) is 13.5. The minimum Gasteiger partial charge on any atom is -0.508 e. The molecule has 1 aliphatic rings. The molecule has 0 aromatic heterocycles. The third-order valence-electron chi connectivity index (χ3n) is 3.60. The Morgan fingerprint density at radius 1 is 1.37 bits per heavy atom. The molecule has 2 N–H and O–H groups in total. The Bertz CT molecular complexity index is 448. The van der Waals surface area contributed by atoms with Gasteiger partial charge in [-0.2, -0.15) is 0 Å². The van der Waals surface area contributed by atoms with Crippen molar-refractivity contribution in [3.63, 3.8) is 0 Å². The summed E-state index contributed by atoms with van der Waals surface area (Å²) in [6.45, 7) is 5.70. The van der Waals surface area contributed by atoms with Crippen molar-refractivity contribution in [3.8, 4) is 5.75 Å². The Labute approximate surface area is 114 Å². The van der Waals surface area contributed by atoms with Gasteiger partial charge in [-0.15, -0.1) is 0 Å². The van der Waals surface area contributed by atoms with Crippen molar-refractivity contribution in [1.29, 1.82) is 0 Å². The number of likely N-dealkylation sites (tertiary alicyclic amines) is 1. The number of rotatable bonds is 5. The van der Waals surface area contributed by atoms with Crippen molar-refractivity contribution in [1.82, 2.24) is 10.2 Å². The van der Waals surface area contributed by atoms with Gasteiger partial charge in [-0.3, -0.25) is 4.79 Å². The summed E-state index contributed by atoms with van der Waals surface area (Å²) < 4.78 is 0. The average Bonchev–Trinajstić information content (AvgIpc) is 2.75. The van der Waals surface area contributed by atoms with E-state index in [1.165, 1.54) is 0 Å². The van der Waals surface area contributed by atoms with Crippen LogP contribution in [0, 0.1) is 0 Å². The number of hydrogen-bond acceptors (Lipinski definition) is 3. The molecule has 1 heterocycles. The third kappa shape index (κ3) is 3.47. The zero-order valence-electron chi connectivity index (χ0n) is 11.6. The second-order valence-corrected chi connectivity index (χ2v) is 5.29. The molecule has 2 atom stereocenters. The first kappa shape index (κ1) is 13.9. The van der Waals surface area contributed by atoms with Crippen LogP contribution in [0.1, 0.15) is 38.3 Å². The van der Waals surface area contributed by atoms with Gasteiger partial charge in [-0.05, 0) is 26.3 Å². The lowest BCUT2D eigenvalue weighted by Gasteiger charge is -2.25. The van der Waals surface area contributed by atoms with Crippen LogP contribution in [0.4, 0.5) is 0 Å². The summed E-state index contributed by atoms with van der Waals surface area (Å²) in [6.07, 6.45) is 1.66. The van der Waals surface area contributed by atoms with E-state index in [2.05, 4.69) is 12.2 Å². The van der Waals surface area contributed by atoms with Gasteiger partial charge in [0.2, 0.25) is 5.91 Å². The fourth-order valence-electron chi connectivity index (χ4n) is 2.65. The maximum absolute atomic E-state index is 11.6. The van der Waals surface area contributed by atoms with Crippen LogP contribution in [0.15, 0.2) is 24.3 Å². The summed E-state index contributed by atoms with van der Waals surface area (Å²) in [5.41, 5.74) is 0.891. The smallest absolute Gasteiger partial charge is 0.222 e. The second-order valence-electron chi connectivity index (χ2n) is 5.29. The lowest BCUT2D eigenvalue weighted by molar-refractivity contribution is -0.127. The van der Waals surface area contributed by atoms with Crippen molar-refractivity contribution >= 4 is 5.91 Å². The van der Waals surface area contributed by atoms with Crippen LogP contribution in [0.25, 0.3) is 0 Å². The van der Waals surface area contributed by atoms with E-state index in [1.54, 1.807) is 6.07 Å². The van der Waals surface area contributed by atoms with Gasteiger partial charge in [0.1, 0.15) is 5.75 Å². The molecular formula is C15H22N2O2. The average molecular weight is 262 g/mol. The van der Waals surface area contributed by atoms with Crippen LogP contribution in [-0.4, -0.2) is 35.0 Å². The highest BCUT2D eigenvalue weighted by Crippen LogP contribution is 2.23. The summed E-state index contributed by atoms with van der Waals surface area (Å²) >= 11 is 0. The first-order chi connectivity index (χ1) is 9.08. The minimum atomic E-state index is 0.0638. The number of para-hydroxylation sites is 1. The van der Waals surface area contributed by atoms with Crippen molar-refractivity contribution in [2.45, 2.75) is 38.8 Å². The van der Waals surface area contributed by atoms with Crippen LogP contribution >= 0.6 is 0 Å². The predicted molar refractivity (Wildman–Crippen MR) is 74.9 cm³/mol.